The number of nitrogens with two attached hydrogens (primary N) is 1. The van der Waals surface area contributed by atoms with Crippen molar-refractivity contribution in [1.82, 2.24) is 5.32 Å². The molecule has 0 saturated heterocycles. The topological polar surface area (TPSA) is 55.1 Å². The molecule has 1 amide bonds. The van der Waals surface area contributed by atoms with Crippen molar-refractivity contribution in [3.63, 3.8) is 0 Å². The normalized spacial score (nSPS) is 10.2. The maximum atomic E-state index is 10.9. The molecule has 0 heterocycles. The predicted octanol–water partition coefficient (Wildman–Crippen LogP) is 0.312. The molecule has 0 fully saturated rings. The minimum Gasteiger partial charge on any atom is -0.355 e. The molecule has 0 unspecified atom stereocenters. The lowest BCUT2D eigenvalue weighted by Crippen LogP contribution is -2.29. The minimum absolute atomic E-state index is 0.0100. The summed E-state index contributed by atoms with van der Waals surface area (Å²) in [5.74, 6) is 0.530. The maximum absolute atomic E-state index is 10.9. The van der Waals surface area contributed by atoms with Crippen molar-refractivity contribution in [3.8, 4) is 0 Å². The number of nitrogens with one attached hydrogen (secondary N) is 1. The van der Waals surface area contributed by atoms with Crippen LogP contribution < -0.4 is 11.1 Å². The molecule has 0 aromatic heterocycles. The van der Waals surface area contributed by atoms with Gasteiger partial charge in [0.25, 0.3) is 0 Å². The SMILES string of the molecule is CC(C)C[CH]C(=O)NCCN. The third kappa shape index (κ3) is 7.33. The van der Waals surface area contributed by atoms with Crippen LogP contribution in [0.2, 0.25) is 0 Å². The molecule has 3 nitrogen and oxygen atoms in total. The molecule has 0 rings (SSSR count). The van der Waals surface area contributed by atoms with Gasteiger partial charge in [-0.15, -0.1) is 0 Å². The molecule has 0 aliphatic heterocycles. The average Bonchev–Trinajstić information content (AvgIpc) is 1.97. The van der Waals surface area contributed by atoms with Gasteiger partial charge in [0.05, 0.1) is 0 Å². The zero-order chi connectivity index (χ0) is 8.69. The van der Waals surface area contributed by atoms with E-state index in [-0.39, 0.29) is 5.91 Å². The predicted molar refractivity (Wildman–Crippen MR) is 45.8 cm³/mol. The molecular weight excluding hydrogens is 140 g/mol. The van der Waals surface area contributed by atoms with Crippen LogP contribution in [0.3, 0.4) is 0 Å². The van der Waals surface area contributed by atoms with Gasteiger partial charge in [-0.1, -0.05) is 13.8 Å². The van der Waals surface area contributed by atoms with E-state index in [2.05, 4.69) is 19.2 Å². The Morgan fingerprint density at radius 2 is 2.27 bits per heavy atom. The summed E-state index contributed by atoms with van der Waals surface area (Å²) in [5.41, 5.74) is 5.20. The summed E-state index contributed by atoms with van der Waals surface area (Å²) in [6.45, 7) is 5.22. The summed E-state index contributed by atoms with van der Waals surface area (Å²) in [4.78, 5) is 10.9. The van der Waals surface area contributed by atoms with Crippen molar-refractivity contribution in [1.29, 1.82) is 0 Å². The van der Waals surface area contributed by atoms with Crippen molar-refractivity contribution in [2.24, 2.45) is 11.7 Å². The van der Waals surface area contributed by atoms with Crippen molar-refractivity contribution in [2.45, 2.75) is 20.3 Å². The van der Waals surface area contributed by atoms with E-state index in [1.165, 1.54) is 0 Å². The Bertz CT molecular complexity index is 113. The van der Waals surface area contributed by atoms with Crippen LogP contribution in [0, 0.1) is 12.3 Å². The van der Waals surface area contributed by atoms with Gasteiger partial charge in [0.1, 0.15) is 0 Å². The van der Waals surface area contributed by atoms with E-state index >= 15 is 0 Å². The second kappa shape index (κ2) is 6.16. The van der Waals surface area contributed by atoms with Crippen LogP contribution in [-0.2, 0) is 4.79 Å². The molecule has 0 atom stereocenters. The van der Waals surface area contributed by atoms with E-state index < -0.39 is 0 Å². The quantitative estimate of drug-likeness (QED) is 0.603. The third-order valence-corrected chi connectivity index (χ3v) is 1.22. The number of hydrogen-bond donors (Lipinski definition) is 2. The first-order valence-electron chi connectivity index (χ1n) is 3.98. The summed E-state index contributed by atoms with van der Waals surface area (Å²) in [7, 11) is 0. The largest absolute Gasteiger partial charge is 0.355 e. The van der Waals surface area contributed by atoms with E-state index in [0.717, 1.165) is 6.42 Å². The molecule has 0 spiro atoms. The Kier molecular flexibility index (Phi) is 5.84. The van der Waals surface area contributed by atoms with Gasteiger partial charge in [0.15, 0.2) is 0 Å². The maximum Gasteiger partial charge on any atom is 0.223 e. The second-order valence-electron chi connectivity index (χ2n) is 2.91. The Morgan fingerprint density at radius 1 is 1.64 bits per heavy atom. The third-order valence-electron chi connectivity index (χ3n) is 1.22. The van der Waals surface area contributed by atoms with Crippen LogP contribution in [0.4, 0.5) is 0 Å². The van der Waals surface area contributed by atoms with E-state index in [4.69, 9.17) is 5.73 Å². The molecule has 65 valence electrons. The van der Waals surface area contributed by atoms with Gasteiger partial charge in [0, 0.05) is 19.5 Å². The first kappa shape index (κ1) is 10.4. The molecule has 11 heavy (non-hydrogen) atoms. The molecule has 0 aliphatic carbocycles. The fourth-order valence-electron chi connectivity index (χ4n) is 0.610. The highest BCUT2D eigenvalue weighted by Crippen LogP contribution is 2.01. The van der Waals surface area contributed by atoms with Crippen LogP contribution in [-0.4, -0.2) is 19.0 Å². The summed E-state index contributed by atoms with van der Waals surface area (Å²) in [6, 6.07) is 0. The van der Waals surface area contributed by atoms with Crippen molar-refractivity contribution in [3.05, 3.63) is 6.42 Å². The molecule has 0 aromatic carbocycles. The van der Waals surface area contributed by atoms with Gasteiger partial charge in [0.2, 0.25) is 5.91 Å². The lowest BCUT2D eigenvalue weighted by atomic mass is 10.1. The molecule has 3 N–H and O–H groups in total. The second-order valence-corrected chi connectivity index (χ2v) is 2.91. The van der Waals surface area contributed by atoms with Gasteiger partial charge < -0.3 is 11.1 Å². The van der Waals surface area contributed by atoms with Crippen molar-refractivity contribution >= 4 is 5.91 Å². The van der Waals surface area contributed by atoms with Gasteiger partial charge in [-0.05, 0) is 12.3 Å². The zero-order valence-corrected chi connectivity index (χ0v) is 7.26. The molecule has 0 aliphatic rings. The van der Waals surface area contributed by atoms with Crippen LogP contribution in [0.5, 0.6) is 0 Å². The molecule has 1 radical (unpaired) electrons. The Morgan fingerprint density at radius 3 is 2.73 bits per heavy atom. The lowest BCUT2D eigenvalue weighted by Gasteiger charge is -2.04. The Hall–Kier alpha value is -0.570. The molecule has 0 aromatic rings. The highest BCUT2D eigenvalue weighted by atomic mass is 16.1. The Labute approximate surface area is 68.3 Å². The van der Waals surface area contributed by atoms with Crippen LogP contribution >= 0.6 is 0 Å². The van der Waals surface area contributed by atoms with Gasteiger partial charge in [-0.25, -0.2) is 0 Å². The van der Waals surface area contributed by atoms with Crippen molar-refractivity contribution < 1.29 is 4.79 Å². The fourth-order valence-corrected chi connectivity index (χ4v) is 0.610. The summed E-state index contributed by atoms with van der Waals surface area (Å²) in [6.07, 6.45) is 2.50. The van der Waals surface area contributed by atoms with Crippen molar-refractivity contribution in [2.75, 3.05) is 13.1 Å². The number of amides is 1. The molecule has 0 bridgehead atoms. The van der Waals surface area contributed by atoms with E-state index in [1.807, 2.05) is 0 Å². The summed E-state index contributed by atoms with van der Waals surface area (Å²) in [5, 5.41) is 2.67. The number of carbonyl (C=O) groups is 1. The van der Waals surface area contributed by atoms with E-state index in [1.54, 1.807) is 6.42 Å². The molecular formula is C8H17N2O. The van der Waals surface area contributed by atoms with Crippen LogP contribution in [0.15, 0.2) is 0 Å². The fraction of sp³-hybridized carbons (Fsp3) is 0.750. The first-order chi connectivity index (χ1) is 5.16. The summed E-state index contributed by atoms with van der Waals surface area (Å²) >= 11 is 0. The highest BCUT2D eigenvalue weighted by molar-refractivity contribution is 5.84. The number of carbonyl (C=O) groups excluding carboxylic acids is 1. The lowest BCUT2D eigenvalue weighted by molar-refractivity contribution is -0.118. The first-order valence-corrected chi connectivity index (χ1v) is 3.98. The molecule has 3 heteroatoms. The molecule has 0 saturated carbocycles. The Balaban J connectivity index is 3.23. The van der Waals surface area contributed by atoms with E-state index in [0.29, 0.717) is 19.0 Å². The zero-order valence-electron chi connectivity index (χ0n) is 7.26. The minimum atomic E-state index is -0.0100. The van der Waals surface area contributed by atoms with Crippen LogP contribution in [0.1, 0.15) is 20.3 Å². The van der Waals surface area contributed by atoms with Gasteiger partial charge >= 0.3 is 0 Å². The van der Waals surface area contributed by atoms with Gasteiger partial charge in [-0.2, -0.15) is 0 Å². The smallest absolute Gasteiger partial charge is 0.223 e. The number of hydrogen-bond acceptors (Lipinski definition) is 2. The standard InChI is InChI=1S/C8H17N2O/c1-7(2)3-4-8(11)10-6-5-9/h4,7H,3,5-6,9H2,1-2H3,(H,10,11). The van der Waals surface area contributed by atoms with Gasteiger partial charge in [-0.3, -0.25) is 4.79 Å². The van der Waals surface area contributed by atoms with E-state index in [9.17, 15) is 4.79 Å². The summed E-state index contributed by atoms with van der Waals surface area (Å²) < 4.78 is 0. The number of rotatable bonds is 5. The monoisotopic (exact) mass is 157 g/mol. The highest BCUT2D eigenvalue weighted by Gasteiger charge is 2.01. The van der Waals surface area contributed by atoms with Crippen LogP contribution in [0.25, 0.3) is 0 Å². The average molecular weight is 157 g/mol.